The Labute approximate surface area is 170 Å². The summed E-state index contributed by atoms with van der Waals surface area (Å²) < 4.78 is 0. The van der Waals surface area contributed by atoms with Crippen molar-refractivity contribution in [3.8, 4) is 0 Å². The lowest BCUT2D eigenvalue weighted by Gasteiger charge is -2.41. The number of rotatable bonds is 6. The standard InChI is InChI=1S/C26H35NO/c28-26(24-12-6-2-7-13-24,25-14-8-3-9-15-25)18-21-27-19-16-23(17-20-27)22-10-4-1-5-11-22/h1-2,4-7,10-13,23,25,28H,3,8-9,14-21H2. The second-order valence-electron chi connectivity index (χ2n) is 8.90. The van der Waals surface area contributed by atoms with Crippen LogP contribution in [0.5, 0.6) is 0 Å². The molecule has 2 fully saturated rings. The van der Waals surface area contributed by atoms with Crippen LogP contribution in [0.4, 0.5) is 0 Å². The number of benzene rings is 2. The molecule has 2 aliphatic rings. The average Bonchev–Trinajstić information content (AvgIpc) is 2.79. The Morgan fingerprint density at radius 1 is 0.786 bits per heavy atom. The van der Waals surface area contributed by atoms with Crippen LogP contribution in [0, 0.1) is 5.92 Å². The minimum Gasteiger partial charge on any atom is -0.385 e. The zero-order valence-corrected chi connectivity index (χ0v) is 17.1. The lowest BCUT2D eigenvalue weighted by molar-refractivity contribution is -0.0531. The summed E-state index contributed by atoms with van der Waals surface area (Å²) in [5, 5.41) is 11.8. The molecule has 2 heteroatoms. The third-order valence-electron chi connectivity index (χ3n) is 7.22. The molecule has 2 aromatic carbocycles. The first-order valence-electron chi connectivity index (χ1n) is 11.3. The lowest BCUT2D eigenvalue weighted by atomic mass is 9.71. The molecule has 0 radical (unpaired) electrons. The van der Waals surface area contributed by atoms with Gasteiger partial charge < -0.3 is 10.0 Å². The number of piperidine rings is 1. The summed E-state index contributed by atoms with van der Waals surface area (Å²) in [6.45, 7) is 3.30. The van der Waals surface area contributed by atoms with Gasteiger partial charge in [0.25, 0.3) is 0 Å². The number of hydrogen-bond donors (Lipinski definition) is 1. The van der Waals surface area contributed by atoms with Gasteiger partial charge in [-0.05, 0) is 68.2 Å². The van der Waals surface area contributed by atoms with Gasteiger partial charge in [-0.15, -0.1) is 0 Å². The van der Waals surface area contributed by atoms with Gasteiger partial charge >= 0.3 is 0 Å². The molecule has 0 spiro atoms. The molecule has 1 unspecified atom stereocenters. The van der Waals surface area contributed by atoms with Crippen LogP contribution in [0.15, 0.2) is 60.7 Å². The highest BCUT2D eigenvalue weighted by Gasteiger charge is 2.39. The van der Waals surface area contributed by atoms with E-state index in [1.807, 2.05) is 0 Å². The van der Waals surface area contributed by atoms with Gasteiger partial charge in [0.1, 0.15) is 0 Å². The largest absolute Gasteiger partial charge is 0.385 e. The van der Waals surface area contributed by atoms with Gasteiger partial charge in [0.2, 0.25) is 0 Å². The van der Waals surface area contributed by atoms with Crippen molar-refractivity contribution in [1.82, 2.24) is 4.90 Å². The van der Waals surface area contributed by atoms with Crippen molar-refractivity contribution < 1.29 is 5.11 Å². The van der Waals surface area contributed by atoms with E-state index in [-0.39, 0.29) is 0 Å². The van der Waals surface area contributed by atoms with Crippen molar-refractivity contribution in [3.05, 3.63) is 71.8 Å². The maximum atomic E-state index is 11.8. The van der Waals surface area contributed by atoms with E-state index < -0.39 is 5.60 Å². The smallest absolute Gasteiger partial charge is 0.0936 e. The number of aliphatic hydroxyl groups is 1. The first-order valence-corrected chi connectivity index (χ1v) is 11.3. The van der Waals surface area contributed by atoms with Crippen molar-refractivity contribution in [2.45, 2.75) is 62.9 Å². The summed E-state index contributed by atoms with van der Waals surface area (Å²) in [5.41, 5.74) is 1.95. The van der Waals surface area contributed by atoms with E-state index in [1.165, 1.54) is 50.5 Å². The molecule has 1 aliphatic carbocycles. The topological polar surface area (TPSA) is 23.5 Å². The van der Waals surface area contributed by atoms with Crippen LogP contribution in [0.1, 0.15) is 68.4 Å². The van der Waals surface area contributed by atoms with Crippen LogP contribution in [0.2, 0.25) is 0 Å². The van der Waals surface area contributed by atoms with E-state index in [9.17, 15) is 5.11 Å². The maximum absolute atomic E-state index is 11.8. The fraction of sp³-hybridized carbons (Fsp3) is 0.538. The van der Waals surface area contributed by atoms with Crippen molar-refractivity contribution in [2.24, 2.45) is 5.92 Å². The van der Waals surface area contributed by atoms with Gasteiger partial charge in [-0.1, -0.05) is 79.9 Å². The fourth-order valence-electron chi connectivity index (χ4n) is 5.43. The van der Waals surface area contributed by atoms with Gasteiger partial charge in [0.05, 0.1) is 5.60 Å². The van der Waals surface area contributed by atoms with E-state index in [0.29, 0.717) is 11.8 Å². The summed E-state index contributed by atoms with van der Waals surface area (Å²) >= 11 is 0. The zero-order valence-electron chi connectivity index (χ0n) is 17.1. The molecular weight excluding hydrogens is 342 g/mol. The number of likely N-dealkylation sites (tertiary alicyclic amines) is 1. The summed E-state index contributed by atoms with van der Waals surface area (Å²) in [4.78, 5) is 2.58. The first kappa shape index (κ1) is 19.7. The SMILES string of the molecule is OC(CCN1CCC(c2ccccc2)CC1)(c1ccccc1)C1CCCCC1. The molecule has 28 heavy (non-hydrogen) atoms. The molecule has 150 valence electrons. The third-order valence-corrected chi connectivity index (χ3v) is 7.22. The van der Waals surface area contributed by atoms with Gasteiger partial charge in [-0.3, -0.25) is 0 Å². The van der Waals surface area contributed by atoms with Crippen LogP contribution in [0.25, 0.3) is 0 Å². The van der Waals surface area contributed by atoms with Crippen LogP contribution in [0.3, 0.4) is 0 Å². The van der Waals surface area contributed by atoms with Crippen LogP contribution < -0.4 is 0 Å². The molecule has 1 saturated heterocycles. The summed E-state index contributed by atoms with van der Waals surface area (Å²) in [6.07, 6.45) is 9.52. The lowest BCUT2D eigenvalue weighted by Crippen LogP contribution is -2.42. The molecule has 1 saturated carbocycles. The minimum atomic E-state index is -0.669. The molecule has 4 rings (SSSR count). The normalized spacial score (nSPS) is 22.0. The Morgan fingerprint density at radius 3 is 2.04 bits per heavy atom. The van der Waals surface area contributed by atoms with E-state index >= 15 is 0 Å². The Kier molecular flexibility index (Phi) is 6.49. The molecule has 1 atom stereocenters. The quantitative estimate of drug-likeness (QED) is 0.695. The fourth-order valence-corrected chi connectivity index (χ4v) is 5.43. The molecule has 0 amide bonds. The molecule has 1 N–H and O–H groups in total. The highest BCUT2D eigenvalue weighted by atomic mass is 16.3. The summed E-state index contributed by atoms with van der Waals surface area (Å²) in [7, 11) is 0. The number of hydrogen-bond acceptors (Lipinski definition) is 2. The van der Waals surface area contributed by atoms with Crippen molar-refractivity contribution >= 4 is 0 Å². The van der Waals surface area contributed by atoms with E-state index in [2.05, 4.69) is 65.6 Å². The monoisotopic (exact) mass is 377 g/mol. The Bertz CT molecular complexity index is 702. The van der Waals surface area contributed by atoms with Crippen molar-refractivity contribution in [3.63, 3.8) is 0 Å². The van der Waals surface area contributed by atoms with Crippen molar-refractivity contribution in [1.29, 1.82) is 0 Å². The Hall–Kier alpha value is -1.64. The van der Waals surface area contributed by atoms with Gasteiger partial charge in [-0.25, -0.2) is 0 Å². The molecule has 1 heterocycles. The molecule has 0 aromatic heterocycles. The Balaban J connectivity index is 1.38. The average molecular weight is 378 g/mol. The summed E-state index contributed by atoms with van der Waals surface area (Å²) in [6, 6.07) is 21.5. The Morgan fingerprint density at radius 2 is 1.39 bits per heavy atom. The summed E-state index contributed by atoms with van der Waals surface area (Å²) in [5.74, 6) is 1.11. The molecule has 2 aromatic rings. The van der Waals surface area contributed by atoms with Crippen molar-refractivity contribution in [2.75, 3.05) is 19.6 Å². The van der Waals surface area contributed by atoms with Crippen LogP contribution in [-0.4, -0.2) is 29.6 Å². The van der Waals surface area contributed by atoms with Gasteiger partial charge in [0.15, 0.2) is 0 Å². The van der Waals surface area contributed by atoms with E-state index in [1.54, 1.807) is 0 Å². The van der Waals surface area contributed by atoms with Crippen LogP contribution in [-0.2, 0) is 5.60 Å². The molecular formula is C26H35NO. The molecule has 2 nitrogen and oxygen atoms in total. The first-order chi connectivity index (χ1) is 13.8. The predicted octanol–water partition coefficient (Wildman–Crippen LogP) is 5.72. The third kappa shape index (κ3) is 4.50. The maximum Gasteiger partial charge on any atom is 0.0936 e. The second-order valence-corrected chi connectivity index (χ2v) is 8.90. The number of nitrogens with zero attached hydrogens (tertiary/aromatic N) is 1. The minimum absolute atomic E-state index is 0.408. The highest BCUT2D eigenvalue weighted by molar-refractivity contribution is 5.24. The van der Waals surface area contributed by atoms with Gasteiger partial charge in [-0.2, -0.15) is 0 Å². The van der Waals surface area contributed by atoms with E-state index in [4.69, 9.17) is 0 Å². The highest BCUT2D eigenvalue weighted by Crippen LogP contribution is 2.42. The van der Waals surface area contributed by atoms with E-state index in [0.717, 1.165) is 31.6 Å². The van der Waals surface area contributed by atoms with Gasteiger partial charge in [0, 0.05) is 6.54 Å². The van der Waals surface area contributed by atoms with Crippen LogP contribution >= 0.6 is 0 Å². The predicted molar refractivity (Wildman–Crippen MR) is 116 cm³/mol. The molecule has 0 bridgehead atoms. The molecule has 1 aliphatic heterocycles. The second kappa shape index (κ2) is 9.24. The zero-order chi connectivity index (χ0) is 19.2.